The number of benzene rings is 1. The maximum absolute atomic E-state index is 12.5. The minimum atomic E-state index is -0.392. The summed E-state index contributed by atoms with van der Waals surface area (Å²) >= 11 is 0. The molecule has 124 valence electrons. The van der Waals surface area contributed by atoms with Crippen LogP contribution in [-0.4, -0.2) is 18.6 Å². The molecule has 3 unspecified atom stereocenters. The van der Waals surface area contributed by atoms with Gasteiger partial charge in [0.15, 0.2) is 0 Å². The number of hydrogen-bond donors (Lipinski definition) is 2. The van der Waals surface area contributed by atoms with Gasteiger partial charge in [0.1, 0.15) is 5.75 Å². The molecule has 1 amide bonds. The molecule has 4 nitrogen and oxygen atoms in total. The highest BCUT2D eigenvalue weighted by Crippen LogP contribution is 2.32. The summed E-state index contributed by atoms with van der Waals surface area (Å²) in [4.78, 5) is 12.5. The van der Waals surface area contributed by atoms with Crippen molar-refractivity contribution < 1.29 is 9.53 Å². The average Bonchev–Trinajstić information content (AvgIpc) is 2.46. The first-order valence-corrected chi connectivity index (χ1v) is 7.67. The maximum Gasteiger partial charge on any atom is 0.225 e. The lowest BCUT2D eigenvalue weighted by Crippen LogP contribution is -2.53. The molecule has 1 aromatic rings. The molecule has 1 saturated carbocycles. The van der Waals surface area contributed by atoms with Crippen LogP contribution in [0.3, 0.4) is 0 Å². The number of nitrogens with two attached hydrogens (primary N) is 1. The Morgan fingerprint density at radius 1 is 1.45 bits per heavy atom. The van der Waals surface area contributed by atoms with Crippen LogP contribution >= 0.6 is 12.4 Å². The van der Waals surface area contributed by atoms with Crippen molar-refractivity contribution in [3.8, 4) is 5.75 Å². The topological polar surface area (TPSA) is 64.3 Å². The third-order valence-corrected chi connectivity index (χ3v) is 4.52. The Morgan fingerprint density at radius 3 is 2.82 bits per heavy atom. The highest BCUT2D eigenvalue weighted by molar-refractivity contribution is 5.85. The van der Waals surface area contributed by atoms with Gasteiger partial charge >= 0.3 is 0 Å². The van der Waals surface area contributed by atoms with Crippen molar-refractivity contribution in [1.29, 1.82) is 0 Å². The van der Waals surface area contributed by atoms with Crippen LogP contribution in [0.2, 0.25) is 0 Å². The summed E-state index contributed by atoms with van der Waals surface area (Å²) in [5.41, 5.74) is 6.95. The van der Waals surface area contributed by atoms with E-state index in [0.717, 1.165) is 37.0 Å². The predicted octanol–water partition coefficient (Wildman–Crippen LogP) is 3.20. The summed E-state index contributed by atoms with van der Waals surface area (Å²) in [6.07, 6.45) is 3.99. The van der Waals surface area contributed by atoms with Crippen molar-refractivity contribution in [2.75, 3.05) is 7.11 Å². The third kappa shape index (κ3) is 4.37. The van der Waals surface area contributed by atoms with Crippen LogP contribution in [0.15, 0.2) is 24.3 Å². The Kier molecular flexibility index (Phi) is 6.69. The zero-order valence-electron chi connectivity index (χ0n) is 13.6. The van der Waals surface area contributed by atoms with Crippen molar-refractivity contribution in [2.45, 2.75) is 51.1 Å². The van der Waals surface area contributed by atoms with Crippen molar-refractivity contribution in [3.05, 3.63) is 29.8 Å². The first-order valence-electron chi connectivity index (χ1n) is 7.67. The number of ether oxygens (including phenoxy) is 1. The van der Waals surface area contributed by atoms with E-state index in [1.807, 2.05) is 38.1 Å². The lowest BCUT2D eigenvalue weighted by molar-refractivity contribution is -0.128. The van der Waals surface area contributed by atoms with Crippen LogP contribution in [0.1, 0.15) is 51.1 Å². The molecule has 0 aromatic heterocycles. The zero-order chi connectivity index (χ0) is 15.5. The largest absolute Gasteiger partial charge is 0.497 e. The number of rotatable bonds is 4. The molecular formula is C17H27ClN2O2. The fourth-order valence-corrected chi connectivity index (χ4v) is 3.10. The number of nitrogens with one attached hydrogen (secondary N) is 1. The van der Waals surface area contributed by atoms with E-state index in [9.17, 15) is 4.79 Å². The van der Waals surface area contributed by atoms with Crippen LogP contribution in [0.4, 0.5) is 0 Å². The smallest absolute Gasteiger partial charge is 0.225 e. The summed E-state index contributed by atoms with van der Waals surface area (Å²) in [6, 6.07) is 7.73. The van der Waals surface area contributed by atoms with Crippen molar-refractivity contribution >= 4 is 18.3 Å². The fraction of sp³-hybridized carbons (Fsp3) is 0.588. The van der Waals surface area contributed by atoms with Crippen molar-refractivity contribution in [2.24, 2.45) is 11.7 Å². The monoisotopic (exact) mass is 326 g/mol. The fourth-order valence-electron chi connectivity index (χ4n) is 3.10. The summed E-state index contributed by atoms with van der Waals surface area (Å²) in [7, 11) is 1.64. The van der Waals surface area contributed by atoms with E-state index in [4.69, 9.17) is 10.5 Å². The molecule has 22 heavy (non-hydrogen) atoms. The lowest BCUT2D eigenvalue weighted by Gasteiger charge is -2.37. The number of carbonyl (C=O) groups is 1. The number of carbonyl (C=O) groups excluding carboxylic acids is 1. The van der Waals surface area contributed by atoms with E-state index in [1.165, 1.54) is 0 Å². The molecule has 1 fully saturated rings. The van der Waals surface area contributed by atoms with Crippen LogP contribution < -0.4 is 15.8 Å². The van der Waals surface area contributed by atoms with Crippen LogP contribution in [0.5, 0.6) is 5.75 Å². The minimum Gasteiger partial charge on any atom is -0.497 e. The average molecular weight is 327 g/mol. The number of methoxy groups -OCH3 is 1. The molecule has 0 heterocycles. The number of halogens is 1. The van der Waals surface area contributed by atoms with E-state index in [0.29, 0.717) is 0 Å². The van der Waals surface area contributed by atoms with Gasteiger partial charge in [-0.05, 0) is 44.4 Å². The Morgan fingerprint density at radius 2 is 2.18 bits per heavy atom. The number of hydrogen-bond acceptors (Lipinski definition) is 3. The van der Waals surface area contributed by atoms with Gasteiger partial charge in [0, 0.05) is 5.54 Å². The second-order valence-electron chi connectivity index (χ2n) is 6.31. The van der Waals surface area contributed by atoms with E-state index < -0.39 is 5.54 Å². The maximum atomic E-state index is 12.5. The van der Waals surface area contributed by atoms with Crippen LogP contribution in [0.25, 0.3) is 0 Å². The van der Waals surface area contributed by atoms with E-state index in [1.54, 1.807) is 7.11 Å². The SMILES string of the molecule is COc1cccc(C(C)NC(=O)C2CCCCC2(C)N)c1.Cl. The molecule has 1 aliphatic rings. The standard InChI is InChI=1S/C17H26N2O2.ClH/c1-12(13-7-6-8-14(11-13)21-3)19-16(20)15-9-4-5-10-17(15,2)18;/h6-8,11-12,15H,4-5,9-10,18H2,1-3H3,(H,19,20);1H. The molecule has 5 heteroatoms. The molecule has 3 N–H and O–H groups in total. The molecule has 0 saturated heterocycles. The molecule has 2 rings (SSSR count). The molecule has 3 atom stereocenters. The second kappa shape index (κ2) is 7.84. The molecule has 0 spiro atoms. The lowest BCUT2D eigenvalue weighted by atomic mass is 9.74. The van der Waals surface area contributed by atoms with E-state index in [-0.39, 0.29) is 30.3 Å². The quantitative estimate of drug-likeness (QED) is 0.893. The van der Waals surface area contributed by atoms with Crippen LogP contribution in [0, 0.1) is 5.92 Å². The third-order valence-electron chi connectivity index (χ3n) is 4.52. The minimum absolute atomic E-state index is 0. The molecule has 0 bridgehead atoms. The normalized spacial score (nSPS) is 25.7. The van der Waals surface area contributed by atoms with Gasteiger partial charge < -0.3 is 15.8 Å². The molecular weight excluding hydrogens is 300 g/mol. The zero-order valence-corrected chi connectivity index (χ0v) is 14.4. The molecule has 1 aliphatic carbocycles. The van der Waals surface area contributed by atoms with Gasteiger partial charge in [-0.1, -0.05) is 25.0 Å². The Hall–Kier alpha value is -1.26. The highest BCUT2D eigenvalue weighted by atomic mass is 35.5. The number of amides is 1. The van der Waals surface area contributed by atoms with E-state index in [2.05, 4.69) is 5.32 Å². The van der Waals surface area contributed by atoms with Crippen molar-refractivity contribution in [1.82, 2.24) is 5.32 Å². The van der Waals surface area contributed by atoms with Gasteiger partial charge in [0.05, 0.1) is 19.1 Å². The summed E-state index contributed by atoms with van der Waals surface area (Å²) < 4.78 is 5.23. The molecule has 1 aromatic carbocycles. The van der Waals surface area contributed by atoms with E-state index >= 15 is 0 Å². The van der Waals surface area contributed by atoms with Gasteiger partial charge in [0.2, 0.25) is 5.91 Å². The van der Waals surface area contributed by atoms with Gasteiger partial charge in [0.25, 0.3) is 0 Å². The predicted molar refractivity (Wildman–Crippen MR) is 91.4 cm³/mol. The van der Waals surface area contributed by atoms with Crippen molar-refractivity contribution in [3.63, 3.8) is 0 Å². The Bertz CT molecular complexity index is 505. The molecule has 0 aliphatic heterocycles. The highest BCUT2D eigenvalue weighted by Gasteiger charge is 2.38. The van der Waals surface area contributed by atoms with Crippen LogP contribution in [-0.2, 0) is 4.79 Å². The summed E-state index contributed by atoms with van der Waals surface area (Å²) in [6.45, 7) is 3.98. The molecule has 0 radical (unpaired) electrons. The van der Waals surface area contributed by atoms with Gasteiger partial charge in [-0.25, -0.2) is 0 Å². The van der Waals surface area contributed by atoms with Gasteiger partial charge in [-0.2, -0.15) is 0 Å². The Balaban J connectivity index is 0.00000242. The Labute approximate surface area is 139 Å². The van der Waals surface area contributed by atoms with Gasteiger partial charge in [-0.15, -0.1) is 12.4 Å². The second-order valence-corrected chi connectivity index (χ2v) is 6.31. The summed E-state index contributed by atoms with van der Waals surface area (Å²) in [5, 5.41) is 3.10. The van der Waals surface area contributed by atoms with Gasteiger partial charge in [-0.3, -0.25) is 4.79 Å². The summed E-state index contributed by atoms with van der Waals surface area (Å²) in [5.74, 6) is 0.768. The first kappa shape index (κ1) is 18.8. The first-order chi connectivity index (χ1) is 9.94.